The highest BCUT2D eigenvalue weighted by Crippen LogP contribution is 2.23. The first-order chi connectivity index (χ1) is 12.6. The lowest BCUT2D eigenvalue weighted by atomic mass is 10.2. The van der Waals surface area contributed by atoms with Crippen molar-refractivity contribution < 1.29 is 4.79 Å². The van der Waals surface area contributed by atoms with E-state index >= 15 is 0 Å². The fourth-order valence-electron chi connectivity index (χ4n) is 3.07. The molecule has 0 bridgehead atoms. The molecule has 1 aliphatic heterocycles. The lowest BCUT2D eigenvalue weighted by Gasteiger charge is -2.22. The quantitative estimate of drug-likeness (QED) is 0.707. The molecule has 0 radical (unpaired) electrons. The van der Waals surface area contributed by atoms with Crippen molar-refractivity contribution in [3.05, 3.63) is 68.5 Å². The second-order valence-electron chi connectivity index (χ2n) is 6.30. The van der Waals surface area contributed by atoms with Crippen LogP contribution in [-0.4, -0.2) is 41.9 Å². The number of carbonyl (C=O) groups is 1. The molecule has 1 heterocycles. The molecule has 0 N–H and O–H groups in total. The van der Waals surface area contributed by atoms with Gasteiger partial charge < -0.3 is 4.90 Å². The predicted octanol–water partition coefficient (Wildman–Crippen LogP) is 4.74. The number of amides is 1. The normalized spacial score (nSPS) is 15.5. The Morgan fingerprint density at radius 2 is 1.77 bits per heavy atom. The van der Waals surface area contributed by atoms with Crippen molar-refractivity contribution in [2.45, 2.75) is 13.0 Å². The molecule has 136 valence electrons. The minimum atomic E-state index is -0.0196. The van der Waals surface area contributed by atoms with Gasteiger partial charge in [-0.3, -0.25) is 9.69 Å². The van der Waals surface area contributed by atoms with Gasteiger partial charge in [-0.05, 0) is 53.6 Å². The molecule has 2 aromatic carbocycles. The standard InChI is InChI=1S/C19H19Cl2N3O2/c20-16-5-2-15(18(21)12-16)13-23-8-1-9-24(11-10-23)19(25)14-3-6-17(22-26)7-4-14/h2-7,12H,1,8-11,13H2. The van der Waals surface area contributed by atoms with E-state index in [1.54, 1.807) is 30.3 Å². The molecule has 26 heavy (non-hydrogen) atoms. The maximum Gasteiger partial charge on any atom is 0.253 e. The lowest BCUT2D eigenvalue weighted by molar-refractivity contribution is 0.0761. The predicted molar refractivity (Wildman–Crippen MR) is 104 cm³/mol. The number of carbonyl (C=O) groups excluding carboxylic acids is 1. The van der Waals surface area contributed by atoms with Crippen LogP contribution in [0.15, 0.2) is 47.6 Å². The molecule has 3 rings (SSSR count). The monoisotopic (exact) mass is 391 g/mol. The van der Waals surface area contributed by atoms with Gasteiger partial charge in [-0.15, -0.1) is 4.91 Å². The van der Waals surface area contributed by atoms with Crippen LogP contribution >= 0.6 is 23.2 Å². The minimum Gasteiger partial charge on any atom is -0.337 e. The van der Waals surface area contributed by atoms with Crippen LogP contribution in [0.1, 0.15) is 22.3 Å². The summed E-state index contributed by atoms with van der Waals surface area (Å²) in [5.41, 5.74) is 1.93. The molecule has 5 nitrogen and oxygen atoms in total. The van der Waals surface area contributed by atoms with E-state index in [9.17, 15) is 9.70 Å². The molecule has 1 aliphatic rings. The third-order valence-electron chi connectivity index (χ3n) is 4.50. The third-order valence-corrected chi connectivity index (χ3v) is 5.09. The highest BCUT2D eigenvalue weighted by Gasteiger charge is 2.20. The summed E-state index contributed by atoms with van der Waals surface area (Å²) in [6.45, 7) is 3.77. The summed E-state index contributed by atoms with van der Waals surface area (Å²) < 4.78 is 0. The number of rotatable bonds is 4. The van der Waals surface area contributed by atoms with Crippen LogP contribution < -0.4 is 0 Å². The molecule has 0 spiro atoms. The fraction of sp³-hybridized carbons (Fsp3) is 0.316. The van der Waals surface area contributed by atoms with Gasteiger partial charge in [-0.2, -0.15) is 0 Å². The van der Waals surface area contributed by atoms with Crippen molar-refractivity contribution in [2.75, 3.05) is 26.2 Å². The Hall–Kier alpha value is -1.95. The van der Waals surface area contributed by atoms with Crippen molar-refractivity contribution in [1.82, 2.24) is 9.80 Å². The van der Waals surface area contributed by atoms with Crippen LogP contribution in [0.5, 0.6) is 0 Å². The van der Waals surface area contributed by atoms with Crippen molar-refractivity contribution in [3.8, 4) is 0 Å². The summed E-state index contributed by atoms with van der Waals surface area (Å²) in [5.74, 6) is -0.0196. The van der Waals surface area contributed by atoms with Gasteiger partial charge in [0.05, 0.1) is 0 Å². The summed E-state index contributed by atoms with van der Waals surface area (Å²) >= 11 is 12.2. The molecule has 0 unspecified atom stereocenters. The Morgan fingerprint density at radius 1 is 1.00 bits per heavy atom. The zero-order chi connectivity index (χ0) is 18.5. The SMILES string of the molecule is O=Nc1ccc(C(=O)N2CCCN(Cc3ccc(Cl)cc3Cl)CC2)cc1. The van der Waals surface area contributed by atoms with Crippen molar-refractivity contribution in [1.29, 1.82) is 0 Å². The molecule has 0 aliphatic carbocycles. The van der Waals surface area contributed by atoms with Crippen molar-refractivity contribution in [3.63, 3.8) is 0 Å². The minimum absolute atomic E-state index is 0.0196. The zero-order valence-electron chi connectivity index (χ0n) is 14.2. The summed E-state index contributed by atoms with van der Waals surface area (Å²) in [6, 6.07) is 12.0. The number of nitrogens with zero attached hydrogens (tertiary/aromatic N) is 3. The smallest absolute Gasteiger partial charge is 0.253 e. The molecular formula is C19H19Cl2N3O2. The Balaban J connectivity index is 1.62. The molecule has 1 amide bonds. The number of nitroso groups, excluding NO2 is 1. The maximum absolute atomic E-state index is 12.7. The van der Waals surface area contributed by atoms with E-state index < -0.39 is 0 Å². The van der Waals surface area contributed by atoms with Gasteiger partial charge in [-0.1, -0.05) is 29.3 Å². The summed E-state index contributed by atoms with van der Waals surface area (Å²) in [7, 11) is 0. The molecule has 7 heteroatoms. The van der Waals surface area contributed by atoms with E-state index in [0.717, 1.165) is 31.6 Å². The highest BCUT2D eigenvalue weighted by molar-refractivity contribution is 6.35. The Bertz CT molecular complexity index is 796. The van der Waals surface area contributed by atoms with Crippen LogP contribution in [0.3, 0.4) is 0 Å². The molecule has 1 saturated heterocycles. The number of hydrogen-bond acceptors (Lipinski definition) is 4. The van der Waals surface area contributed by atoms with Gasteiger partial charge in [0.2, 0.25) is 0 Å². The second kappa shape index (κ2) is 8.62. The highest BCUT2D eigenvalue weighted by atomic mass is 35.5. The maximum atomic E-state index is 12.7. The van der Waals surface area contributed by atoms with Crippen LogP contribution in [-0.2, 0) is 6.54 Å². The lowest BCUT2D eigenvalue weighted by Crippen LogP contribution is -2.35. The van der Waals surface area contributed by atoms with Crippen molar-refractivity contribution in [2.24, 2.45) is 5.18 Å². The largest absolute Gasteiger partial charge is 0.337 e. The third kappa shape index (κ3) is 4.61. The van der Waals surface area contributed by atoms with E-state index in [2.05, 4.69) is 10.1 Å². The van der Waals surface area contributed by atoms with Crippen LogP contribution in [0.25, 0.3) is 0 Å². The molecule has 0 atom stereocenters. The van der Waals surface area contributed by atoms with Crippen molar-refractivity contribution >= 4 is 34.8 Å². The van der Waals surface area contributed by atoms with E-state index in [0.29, 0.717) is 34.4 Å². The Morgan fingerprint density at radius 3 is 2.46 bits per heavy atom. The number of benzene rings is 2. The topological polar surface area (TPSA) is 53.0 Å². The molecular weight excluding hydrogens is 373 g/mol. The summed E-state index contributed by atoms with van der Waals surface area (Å²) in [5, 5.41) is 4.15. The molecule has 2 aromatic rings. The van der Waals surface area contributed by atoms with Gasteiger partial charge in [0, 0.05) is 48.3 Å². The number of halogens is 2. The van der Waals surface area contributed by atoms with Crippen LogP contribution in [0, 0.1) is 4.91 Å². The van der Waals surface area contributed by atoms with Crippen LogP contribution in [0.4, 0.5) is 5.69 Å². The molecule has 0 aromatic heterocycles. The summed E-state index contributed by atoms with van der Waals surface area (Å²) in [4.78, 5) is 27.3. The Kier molecular flexibility index (Phi) is 6.25. The van der Waals surface area contributed by atoms with Crippen LogP contribution in [0.2, 0.25) is 10.0 Å². The van der Waals surface area contributed by atoms with E-state index in [4.69, 9.17) is 23.2 Å². The van der Waals surface area contributed by atoms with Gasteiger partial charge in [0.1, 0.15) is 5.69 Å². The molecule has 1 fully saturated rings. The summed E-state index contributed by atoms with van der Waals surface area (Å²) in [6.07, 6.45) is 0.894. The van der Waals surface area contributed by atoms with Gasteiger partial charge in [-0.25, -0.2) is 0 Å². The van der Waals surface area contributed by atoms with E-state index in [-0.39, 0.29) is 5.91 Å². The first-order valence-electron chi connectivity index (χ1n) is 8.46. The van der Waals surface area contributed by atoms with E-state index in [1.165, 1.54) is 0 Å². The molecule has 0 saturated carbocycles. The first kappa shape index (κ1) is 18.8. The van der Waals surface area contributed by atoms with E-state index in [1.807, 2.05) is 17.0 Å². The second-order valence-corrected chi connectivity index (χ2v) is 7.14. The first-order valence-corrected chi connectivity index (χ1v) is 9.21. The zero-order valence-corrected chi connectivity index (χ0v) is 15.7. The number of hydrogen-bond donors (Lipinski definition) is 0. The fourth-order valence-corrected chi connectivity index (χ4v) is 3.54. The average Bonchev–Trinajstić information content (AvgIpc) is 2.89. The average molecular weight is 392 g/mol. The van der Waals surface area contributed by atoms with Gasteiger partial charge in [0.15, 0.2) is 0 Å². The van der Waals surface area contributed by atoms with Gasteiger partial charge in [0.25, 0.3) is 5.91 Å². The van der Waals surface area contributed by atoms with Gasteiger partial charge >= 0.3 is 0 Å². The Labute approximate surface area is 162 Å².